The molecule has 0 fully saturated rings. The molecule has 2 aromatic heterocycles. The molecule has 6 nitrogen and oxygen atoms in total. The Morgan fingerprint density at radius 2 is 2.30 bits per heavy atom. The Bertz CT molecular complexity index is 591. The minimum absolute atomic E-state index is 0.222. The van der Waals surface area contributed by atoms with E-state index in [0.717, 1.165) is 24.3 Å². The highest BCUT2D eigenvalue weighted by Gasteiger charge is 2.17. The maximum absolute atomic E-state index is 11.2. The van der Waals surface area contributed by atoms with Crippen molar-refractivity contribution in [3.8, 4) is 5.75 Å². The highest BCUT2D eigenvalue weighted by atomic mass is 32.1. The molecule has 0 aliphatic heterocycles. The molecule has 0 spiro atoms. The number of thiophene rings is 1. The molecule has 0 saturated carbocycles. The van der Waals surface area contributed by atoms with E-state index >= 15 is 0 Å². The van der Waals surface area contributed by atoms with E-state index in [1.165, 1.54) is 17.7 Å². The minimum atomic E-state index is -0.959. The van der Waals surface area contributed by atoms with Gasteiger partial charge in [0.15, 0.2) is 10.7 Å². The Kier molecular flexibility index (Phi) is 4.73. The molecule has 108 valence electrons. The Balaban J connectivity index is 2.12. The number of carboxylic acids is 1. The van der Waals surface area contributed by atoms with Crippen molar-refractivity contribution in [2.75, 3.05) is 0 Å². The molecule has 0 bridgehead atoms. The van der Waals surface area contributed by atoms with Gasteiger partial charge in [-0.1, -0.05) is 13.8 Å². The van der Waals surface area contributed by atoms with E-state index in [4.69, 9.17) is 9.84 Å². The molecule has 2 heterocycles. The van der Waals surface area contributed by atoms with Crippen molar-refractivity contribution >= 4 is 17.3 Å². The molecule has 0 radical (unpaired) electrons. The molecule has 0 atom stereocenters. The number of hydrogen-bond acceptors (Lipinski definition) is 5. The van der Waals surface area contributed by atoms with Crippen LogP contribution in [0.3, 0.4) is 0 Å². The summed E-state index contributed by atoms with van der Waals surface area (Å²) < 4.78 is 7.39. The average molecular weight is 295 g/mol. The van der Waals surface area contributed by atoms with Crippen LogP contribution in [0.2, 0.25) is 0 Å². The lowest BCUT2D eigenvalue weighted by Gasteiger charge is -2.06. The summed E-state index contributed by atoms with van der Waals surface area (Å²) in [5.41, 5.74) is 0. The molecule has 1 N–H and O–H groups in total. The van der Waals surface area contributed by atoms with Crippen LogP contribution in [0.5, 0.6) is 5.75 Å². The number of aromatic nitrogens is 3. The quantitative estimate of drug-likeness (QED) is 0.849. The maximum atomic E-state index is 11.2. The van der Waals surface area contributed by atoms with Gasteiger partial charge in [-0.25, -0.2) is 14.5 Å². The molecule has 0 aliphatic rings. The molecule has 20 heavy (non-hydrogen) atoms. The lowest BCUT2D eigenvalue weighted by Crippen LogP contribution is -2.09. The van der Waals surface area contributed by atoms with Crippen LogP contribution < -0.4 is 4.74 Å². The molecule has 0 unspecified atom stereocenters. The first kappa shape index (κ1) is 14.5. The number of nitrogens with zero attached hydrogens (tertiary/aromatic N) is 3. The molecule has 0 amide bonds. The van der Waals surface area contributed by atoms with Crippen molar-refractivity contribution in [2.45, 2.75) is 39.8 Å². The fraction of sp³-hybridized carbons (Fsp3) is 0.462. The van der Waals surface area contributed by atoms with Gasteiger partial charge in [0, 0.05) is 11.4 Å². The number of ether oxygens (including phenoxy) is 1. The number of aryl methyl sites for hydroxylation is 2. The van der Waals surface area contributed by atoms with Crippen LogP contribution in [0.4, 0.5) is 0 Å². The van der Waals surface area contributed by atoms with Gasteiger partial charge in [-0.15, -0.1) is 11.3 Å². The summed E-state index contributed by atoms with van der Waals surface area (Å²) in [4.78, 5) is 16.5. The largest absolute Gasteiger partial charge is 0.484 e. The molecule has 2 aromatic rings. The van der Waals surface area contributed by atoms with Crippen molar-refractivity contribution in [3.63, 3.8) is 0 Å². The van der Waals surface area contributed by atoms with Crippen LogP contribution in [0.15, 0.2) is 12.4 Å². The zero-order chi connectivity index (χ0) is 14.5. The maximum Gasteiger partial charge on any atom is 0.349 e. The average Bonchev–Trinajstić information content (AvgIpc) is 3.03. The smallest absolute Gasteiger partial charge is 0.349 e. The van der Waals surface area contributed by atoms with E-state index < -0.39 is 5.97 Å². The fourth-order valence-electron chi connectivity index (χ4n) is 1.79. The van der Waals surface area contributed by atoms with Crippen LogP contribution in [0.1, 0.15) is 40.6 Å². The minimum Gasteiger partial charge on any atom is -0.484 e. The first-order valence-corrected chi connectivity index (χ1v) is 7.32. The van der Waals surface area contributed by atoms with Gasteiger partial charge < -0.3 is 9.84 Å². The summed E-state index contributed by atoms with van der Waals surface area (Å²) in [5.74, 6) is 0.151. The lowest BCUT2D eigenvalue weighted by molar-refractivity contribution is 0.0697. The summed E-state index contributed by atoms with van der Waals surface area (Å²) in [5, 5.41) is 13.3. The van der Waals surface area contributed by atoms with Crippen LogP contribution in [-0.4, -0.2) is 25.8 Å². The Labute approximate surface area is 121 Å². The summed E-state index contributed by atoms with van der Waals surface area (Å²) in [6.07, 6.45) is 3.23. The second kappa shape index (κ2) is 6.51. The van der Waals surface area contributed by atoms with Gasteiger partial charge in [0.05, 0.1) is 0 Å². The molecule has 2 rings (SSSR count). The van der Waals surface area contributed by atoms with E-state index in [1.54, 1.807) is 10.7 Å². The third kappa shape index (κ3) is 3.16. The first-order valence-electron chi connectivity index (χ1n) is 6.51. The number of carboxylic acid groups (broad SMARTS) is 1. The summed E-state index contributed by atoms with van der Waals surface area (Å²) >= 11 is 1.25. The monoisotopic (exact) mass is 295 g/mol. The molecule has 0 aliphatic carbocycles. The Hall–Kier alpha value is -1.89. The Morgan fingerprint density at radius 1 is 1.50 bits per heavy atom. The number of aromatic carboxylic acids is 1. The lowest BCUT2D eigenvalue weighted by atomic mass is 10.3. The Morgan fingerprint density at radius 3 is 2.95 bits per heavy atom. The fourth-order valence-corrected chi connectivity index (χ4v) is 2.67. The van der Waals surface area contributed by atoms with Gasteiger partial charge in [0.2, 0.25) is 0 Å². The first-order chi connectivity index (χ1) is 9.65. The van der Waals surface area contributed by atoms with E-state index in [9.17, 15) is 4.79 Å². The third-order valence-corrected chi connectivity index (χ3v) is 4.03. The van der Waals surface area contributed by atoms with Crippen LogP contribution in [0.25, 0.3) is 0 Å². The zero-order valence-corrected chi connectivity index (χ0v) is 12.3. The van der Waals surface area contributed by atoms with Crippen LogP contribution in [0, 0.1) is 0 Å². The molecule has 0 saturated heterocycles. The van der Waals surface area contributed by atoms with Gasteiger partial charge in [-0.05, 0) is 18.9 Å². The number of carbonyl (C=O) groups is 1. The molecular weight excluding hydrogens is 278 g/mol. The van der Waals surface area contributed by atoms with Gasteiger partial charge >= 0.3 is 5.97 Å². The van der Waals surface area contributed by atoms with Crippen molar-refractivity contribution in [1.29, 1.82) is 0 Å². The van der Waals surface area contributed by atoms with E-state index in [1.807, 2.05) is 6.92 Å². The van der Waals surface area contributed by atoms with E-state index in [2.05, 4.69) is 17.0 Å². The van der Waals surface area contributed by atoms with Gasteiger partial charge in [0.1, 0.15) is 18.7 Å². The molecular formula is C13H17N3O3S. The van der Waals surface area contributed by atoms with Gasteiger partial charge in [0.25, 0.3) is 0 Å². The summed E-state index contributed by atoms with van der Waals surface area (Å²) in [7, 11) is 0. The van der Waals surface area contributed by atoms with Gasteiger partial charge in [-0.2, -0.15) is 5.10 Å². The van der Waals surface area contributed by atoms with E-state index in [-0.39, 0.29) is 11.5 Å². The predicted octanol–water partition coefficient (Wildman–Crippen LogP) is 2.59. The number of rotatable bonds is 7. The third-order valence-electron chi connectivity index (χ3n) is 2.78. The predicted molar refractivity (Wildman–Crippen MR) is 75.3 cm³/mol. The number of hydrogen-bond donors (Lipinski definition) is 1. The van der Waals surface area contributed by atoms with Crippen molar-refractivity contribution in [2.24, 2.45) is 0 Å². The van der Waals surface area contributed by atoms with Crippen LogP contribution >= 0.6 is 11.3 Å². The van der Waals surface area contributed by atoms with Crippen molar-refractivity contribution in [3.05, 3.63) is 28.0 Å². The SMILES string of the molecule is CCCn1ncnc1COc1cc(CC)sc1C(=O)O. The van der Waals surface area contributed by atoms with Crippen molar-refractivity contribution < 1.29 is 14.6 Å². The highest BCUT2D eigenvalue weighted by molar-refractivity contribution is 7.14. The standard InChI is InChI=1S/C13H17N3O3S/c1-3-5-16-11(14-8-15-16)7-19-10-6-9(4-2)20-12(10)13(17)18/h6,8H,3-5,7H2,1-2H3,(H,17,18). The normalized spacial score (nSPS) is 10.7. The van der Waals surface area contributed by atoms with Crippen molar-refractivity contribution in [1.82, 2.24) is 14.8 Å². The molecule has 0 aromatic carbocycles. The topological polar surface area (TPSA) is 77.2 Å². The van der Waals surface area contributed by atoms with Crippen LogP contribution in [-0.2, 0) is 19.6 Å². The second-order valence-corrected chi connectivity index (χ2v) is 5.39. The highest BCUT2D eigenvalue weighted by Crippen LogP contribution is 2.30. The second-order valence-electron chi connectivity index (χ2n) is 4.25. The summed E-state index contributed by atoms with van der Waals surface area (Å²) in [6, 6.07) is 1.79. The molecule has 7 heteroatoms. The van der Waals surface area contributed by atoms with Gasteiger partial charge in [-0.3, -0.25) is 0 Å². The van der Waals surface area contributed by atoms with E-state index in [0.29, 0.717) is 11.6 Å². The summed E-state index contributed by atoms with van der Waals surface area (Å²) in [6.45, 7) is 5.04. The zero-order valence-electron chi connectivity index (χ0n) is 11.5.